The Hall–Kier alpha value is -4.24. The minimum Gasteiger partial charge on any atom is -0.496 e. The van der Waals surface area contributed by atoms with Crippen LogP contribution in [0.15, 0.2) is 93.6 Å². The summed E-state index contributed by atoms with van der Waals surface area (Å²) in [6.07, 6.45) is 0. The van der Waals surface area contributed by atoms with Crippen molar-refractivity contribution in [1.29, 1.82) is 0 Å². The molecule has 220 valence electrons. The molecule has 0 aliphatic carbocycles. The van der Waals surface area contributed by atoms with Crippen LogP contribution in [-0.4, -0.2) is 43.1 Å². The van der Waals surface area contributed by atoms with Gasteiger partial charge in [-0.25, -0.2) is 18.5 Å². The number of fused-ring (bicyclic) bond motifs is 2. The van der Waals surface area contributed by atoms with E-state index < -0.39 is 43.8 Å². The van der Waals surface area contributed by atoms with Crippen LogP contribution in [0.1, 0.15) is 16.4 Å². The van der Waals surface area contributed by atoms with Crippen LogP contribution in [0.4, 0.5) is 11.4 Å². The van der Waals surface area contributed by atoms with Crippen LogP contribution in [0.5, 0.6) is 5.75 Å². The summed E-state index contributed by atoms with van der Waals surface area (Å²) in [6.45, 7) is -0.366. The zero-order chi connectivity index (χ0) is 30.5. The van der Waals surface area contributed by atoms with Gasteiger partial charge in [0.15, 0.2) is 0 Å². The lowest BCUT2D eigenvalue weighted by Crippen LogP contribution is -2.33. The molecule has 11 nitrogen and oxygen atoms in total. The molecular weight excluding hydrogens is 613 g/mol. The molecule has 6 rings (SSSR count). The summed E-state index contributed by atoms with van der Waals surface area (Å²) in [7, 11) is -2.39. The van der Waals surface area contributed by atoms with Crippen LogP contribution in [0.25, 0.3) is 0 Å². The number of hydrogen-bond acceptors (Lipinski definition) is 9. The lowest BCUT2D eigenvalue weighted by molar-refractivity contribution is -0.122. The predicted octanol–water partition coefficient (Wildman–Crippen LogP) is 3.00. The normalized spacial score (nSPS) is 19.6. The number of ether oxygens (including phenoxy) is 1. The summed E-state index contributed by atoms with van der Waals surface area (Å²) in [6, 6.07) is 21.2. The minimum absolute atomic E-state index is 0.109. The number of nitrogens with zero attached hydrogens (tertiary/aromatic N) is 2. The van der Waals surface area contributed by atoms with Gasteiger partial charge in [0.25, 0.3) is 0 Å². The number of hydrogen-bond donors (Lipinski definition) is 2. The average Bonchev–Trinajstić information content (AvgIpc) is 3.43. The first-order valence-corrected chi connectivity index (χ1v) is 16.2. The van der Waals surface area contributed by atoms with E-state index in [1.165, 1.54) is 40.8 Å². The van der Waals surface area contributed by atoms with Crippen molar-refractivity contribution in [3.63, 3.8) is 0 Å². The van der Waals surface area contributed by atoms with E-state index in [1.807, 2.05) is 6.07 Å². The number of anilines is 2. The topological polar surface area (TPSA) is 158 Å². The third kappa shape index (κ3) is 5.16. The fourth-order valence-corrected chi connectivity index (χ4v) is 8.70. The Balaban J connectivity index is 1.39. The molecule has 2 aliphatic heterocycles. The van der Waals surface area contributed by atoms with E-state index >= 15 is 0 Å². The maximum atomic E-state index is 14.0. The number of rotatable bonds is 7. The molecule has 3 atom stereocenters. The van der Waals surface area contributed by atoms with Crippen LogP contribution < -0.4 is 25.0 Å². The fraction of sp³-hybridized carbons (Fsp3) is 0.172. The number of thiazole rings is 1. The number of carbonyl (C=O) groups is 3. The molecule has 1 aromatic heterocycles. The summed E-state index contributed by atoms with van der Waals surface area (Å²) in [4.78, 5) is 55.4. The van der Waals surface area contributed by atoms with Gasteiger partial charge in [-0.2, -0.15) is 0 Å². The average molecular weight is 637 g/mol. The monoisotopic (exact) mass is 636 g/mol. The van der Waals surface area contributed by atoms with Crippen molar-refractivity contribution in [3.8, 4) is 5.75 Å². The van der Waals surface area contributed by atoms with Gasteiger partial charge in [0.2, 0.25) is 27.7 Å². The Labute approximate surface area is 254 Å². The molecule has 1 saturated heterocycles. The van der Waals surface area contributed by atoms with Gasteiger partial charge >= 0.3 is 4.87 Å². The molecule has 3 N–H and O–H groups in total. The fourth-order valence-electron chi connectivity index (χ4n) is 5.42. The number of sulfonamides is 1. The van der Waals surface area contributed by atoms with Gasteiger partial charge in [0.1, 0.15) is 17.5 Å². The largest absolute Gasteiger partial charge is 0.496 e. The second-order valence-electron chi connectivity index (χ2n) is 9.87. The molecule has 1 fully saturated rings. The highest BCUT2D eigenvalue weighted by Crippen LogP contribution is 2.55. The first kappa shape index (κ1) is 28.9. The van der Waals surface area contributed by atoms with Gasteiger partial charge in [-0.15, -0.1) is 0 Å². The number of primary sulfonamides is 1. The van der Waals surface area contributed by atoms with Crippen molar-refractivity contribution < 1.29 is 27.5 Å². The van der Waals surface area contributed by atoms with Crippen molar-refractivity contribution >= 4 is 62.2 Å². The molecule has 0 bridgehead atoms. The van der Waals surface area contributed by atoms with Gasteiger partial charge in [-0.1, -0.05) is 59.5 Å². The van der Waals surface area contributed by atoms with Gasteiger partial charge in [-0.05, 0) is 42.5 Å². The van der Waals surface area contributed by atoms with Gasteiger partial charge in [0, 0.05) is 22.0 Å². The van der Waals surface area contributed by atoms with Gasteiger partial charge in [-0.3, -0.25) is 23.7 Å². The third-order valence-electron chi connectivity index (χ3n) is 7.31. The molecule has 3 heterocycles. The van der Waals surface area contributed by atoms with Crippen molar-refractivity contribution in [2.24, 2.45) is 11.1 Å². The van der Waals surface area contributed by atoms with Crippen molar-refractivity contribution in [3.05, 3.63) is 99.0 Å². The molecule has 4 aromatic rings. The molecule has 0 saturated carbocycles. The highest BCUT2D eigenvalue weighted by Gasteiger charge is 2.57. The van der Waals surface area contributed by atoms with Crippen molar-refractivity contribution in [2.75, 3.05) is 17.3 Å². The zero-order valence-electron chi connectivity index (χ0n) is 22.5. The van der Waals surface area contributed by atoms with Crippen LogP contribution in [0.2, 0.25) is 0 Å². The Morgan fingerprint density at radius 1 is 0.953 bits per heavy atom. The number of carbonyl (C=O) groups excluding carboxylic acids is 3. The summed E-state index contributed by atoms with van der Waals surface area (Å²) >= 11 is 2.04. The standard InChI is InChI=1S/C29H24N4O7S3/c1-40-20-10-6-5-9-19(20)22-23-24(27(36)33(26(23)35)17-7-3-2-4-8-17)41-28-25(22)42-29(37)32(28)15-21(34)31-16-11-13-18(14-12-16)43(30,38)39/h2-14,22-24H,15H2,1H3,(H,31,34)(H2,30,38,39). The number of amides is 3. The summed E-state index contributed by atoms with van der Waals surface area (Å²) in [5, 5.41) is 7.38. The lowest BCUT2D eigenvalue weighted by atomic mass is 9.82. The predicted molar refractivity (Wildman–Crippen MR) is 162 cm³/mol. The van der Waals surface area contributed by atoms with E-state index in [9.17, 15) is 27.6 Å². The van der Waals surface area contributed by atoms with Crippen molar-refractivity contribution in [1.82, 2.24) is 4.57 Å². The Morgan fingerprint density at radius 2 is 1.63 bits per heavy atom. The van der Waals surface area contributed by atoms with E-state index in [4.69, 9.17) is 9.88 Å². The summed E-state index contributed by atoms with van der Waals surface area (Å²) in [5.74, 6) is -2.28. The van der Waals surface area contributed by atoms with Crippen LogP contribution >= 0.6 is 23.1 Å². The number of methoxy groups -OCH3 is 1. The summed E-state index contributed by atoms with van der Waals surface area (Å²) < 4.78 is 30.0. The summed E-state index contributed by atoms with van der Waals surface area (Å²) in [5.41, 5.74) is 1.43. The zero-order valence-corrected chi connectivity index (χ0v) is 24.9. The second-order valence-corrected chi connectivity index (χ2v) is 13.6. The van der Waals surface area contributed by atoms with Crippen LogP contribution in [-0.2, 0) is 31.0 Å². The smallest absolute Gasteiger partial charge is 0.308 e. The molecule has 2 aliphatic rings. The molecule has 0 spiro atoms. The van der Waals surface area contributed by atoms with Gasteiger partial charge < -0.3 is 10.1 Å². The van der Waals surface area contributed by atoms with E-state index in [1.54, 1.807) is 48.5 Å². The maximum Gasteiger partial charge on any atom is 0.308 e. The third-order valence-corrected chi connectivity index (χ3v) is 10.8. The number of imide groups is 1. The maximum absolute atomic E-state index is 14.0. The Bertz CT molecular complexity index is 1920. The van der Waals surface area contributed by atoms with E-state index in [0.717, 1.165) is 23.1 Å². The number of para-hydroxylation sites is 2. The molecule has 14 heteroatoms. The number of nitrogens with two attached hydrogens (primary N) is 1. The number of aromatic nitrogens is 1. The highest BCUT2D eigenvalue weighted by atomic mass is 32.2. The van der Waals surface area contributed by atoms with E-state index in [-0.39, 0.29) is 17.3 Å². The number of thioether (sulfide) groups is 1. The highest BCUT2D eigenvalue weighted by molar-refractivity contribution is 8.00. The van der Waals surface area contributed by atoms with E-state index in [0.29, 0.717) is 32.6 Å². The molecule has 3 amide bonds. The van der Waals surface area contributed by atoms with Crippen LogP contribution in [0, 0.1) is 5.92 Å². The van der Waals surface area contributed by atoms with E-state index in [2.05, 4.69) is 5.32 Å². The Morgan fingerprint density at radius 3 is 2.30 bits per heavy atom. The lowest BCUT2D eigenvalue weighted by Gasteiger charge is -2.31. The molecule has 3 aromatic carbocycles. The first-order valence-electron chi connectivity index (χ1n) is 13.0. The molecular formula is C29H24N4O7S3. The quantitative estimate of drug-likeness (QED) is 0.293. The Kier molecular flexibility index (Phi) is 7.46. The number of nitrogens with one attached hydrogen (secondary N) is 1. The minimum atomic E-state index is -3.90. The van der Waals surface area contributed by atoms with Crippen molar-refractivity contribution in [2.45, 2.75) is 27.6 Å². The molecule has 43 heavy (non-hydrogen) atoms. The molecule has 3 unspecified atom stereocenters. The number of benzene rings is 3. The van der Waals surface area contributed by atoms with Crippen LogP contribution in [0.3, 0.4) is 0 Å². The molecule has 0 radical (unpaired) electrons. The van der Waals surface area contributed by atoms with Gasteiger partial charge in [0.05, 0.1) is 28.6 Å². The first-order chi connectivity index (χ1) is 20.6. The second kappa shape index (κ2) is 11.1. The SMILES string of the molecule is COc1ccccc1C1c2sc(=O)n(CC(=O)Nc3ccc(S(N)(=O)=O)cc3)c2SC2C(=O)N(c3ccccc3)C(=O)C21.